The summed E-state index contributed by atoms with van der Waals surface area (Å²) in [5.74, 6) is -1.59. The van der Waals surface area contributed by atoms with Crippen molar-refractivity contribution in [2.24, 2.45) is 0 Å². The van der Waals surface area contributed by atoms with Crippen LogP contribution in [0.3, 0.4) is 0 Å². The maximum absolute atomic E-state index is 12.6. The Balaban J connectivity index is 1.93. The molecule has 0 bridgehead atoms. The van der Waals surface area contributed by atoms with E-state index in [-0.39, 0.29) is 26.2 Å². The van der Waals surface area contributed by atoms with E-state index in [4.69, 9.17) is 4.74 Å². The fourth-order valence-corrected chi connectivity index (χ4v) is 2.57. The molecule has 0 heterocycles. The van der Waals surface area contributed by atoms with E-state index >= 15 is 0 Å². The fraction of sp³-hybridized carbons (Fsp3) is 0.273. The molecule has 0 saturated heterocycles. The van der Waals surface area contributed by atoms with Crippen LogP contribution in [0.5, 0.6) is 0 Å². The lowest BCUT2D eigenvalue weighted by Gasteiger charge is -2.22. The molecular formula is C22H24N2O7. The summed E-state index contributed by atoms with van der Waals surface area (Å²) in [5, 5.41) is 2.38. The number of nitrogens with zero attached hydrogens (tertiary/aromatic N) is 1. The van der Waals surface area contributed by atoms with Crippen LogP contribution in [0, 0.1) is 0 Å². The molecule has 2 aromatic rings. The van der Waals surface area contributed by atoms with Crippen molar-refractivity contribution in [1.29, 1.82) is 0 Å². The van der Waals surface area contributed by atoms with Gasteiger partial charge in [-0.3, -0.25) is 9.59 Å². The van der Waals surface area contributed by atoms with Crippen LogP contribution in [-0.4, -0.2) is 56.1 Å². The highest BCUT2D eigenvalue weighted by molar-refractivity contribution is 5.89. The number of alkyl carbamates (subject to hydrolysis) is 1. The van der Waals surface area contributed by atoms with Crippen LogP contribution in [0.25, 0.3) is 0 Å². The Morgan fingerprint density at radius 3 is 2.16 bits per heavy atom. The molecule has 0 unspecified atom stereocenters. The average molecular weight is 428 g/mol. The Morgan fingerprint density at radius 1 is 0.871 bits per heavy atom. The van der Waals surface area contributed by atoms with Crippen molar-refractivity contribution in [1.82, 2.24) is 10.2 Å². The molecule has 0 aliphatic rings. The number of esters is 2. The molecule has 1 N–H and O–H groups in total. The third-order valence-corrected chi connectivity index (χ3v) is 4.25. The molecule has 0 aliphatic carbocycles. The van der Waals surface area contributed by atoms with Gasteiger partial charge in [0.15, 0.2) is 0 Å². The van der Waals surface area contributed by atoms with E-state index in [0.29, 0.717) is 11.1 Å². The predicted molar refractivity (Wildman–Crippen MR) is 110 cm³/mol. The minimum atomic E-state index is -0.752. The van der Waals surface area contributed by atoms with Gasteiger partial charge < -0.3 is 24.4 Å². The molecule has 0 atom stereocenters. The highest BCUT2D eigenvalue weighted by Crippen LogP contribution is 2.09. The number of amides is 2. The number of nitrogens with one attached hydrogen (secondary N) is 1. The van der Waals surface area contributed by atoms with Gasteiger partial charge in [-0.15, -0.1) is 0 Å². The Hall–Kier alpha value is -3.88. The van der Waals surface area contributed by atoms with Crippen LogP contribution < -0.4 is 5.32 Å². The first-order valence-electron chi connectivity index (χ1n) is 9.39. The third kappa shape index (κ3) is 7.81. The van der Waals surface area contributed by atoms with E-state index < -0.39 is 23.9 Å². The summed E-state index contributed by atoms with van der Waals surface area (Å²) in [6.45, 7) is -0.505. The number of rotatable bonds is 9. The van der Waals surface area contributed by atoms with Gasteiger partial charge >= 0.3 is 18.0 Å². The van der Waals surface area contributed by atoms with E-state index in [9.17, 15) is 19.2 Å². The molecule has 0 radical (unpaired) electrons. The van der Waals surface area contributed by atoms with Crippen molar-refractivity contribution in [3.63, 3.8) is 0 Å². The molecule has 0 aliphatic heterocycles. The van der Waals surface area contributed by atoms with Crippen molar-refractivity contribution in [3.05, 3.63) is 71.3 Å². The number of hydrogen-bond donors (Lipinski definition) is 1. The van der Waals surface area contributed by atoms with Gasteiger partial charge in [0.2, 0.25) is 5.91 Å². The average Bonchev–Trinajstić information content (AvgIpc) is 2.81. The highest BCUT2D eigenvalue weighted by Gasteiger charge is 2.19. The molecular weight excluding hydrogens is 404 g/mol. The van der Waals surface area contributed by atoms with Crippen molar-refractivity contribution in [2.45, 2.75) is 13.2 Å². The zero-order valence-corrected chi connectivity index (χ0v) is 17.3. The summed E-state index contributed by atoms with van der Waals surface area (Å²) in [5.41, 5.74) is 1.85. The molecule has 0 spiro atoms. The second-order valence-corrected chi connectivity index (χ2v) is 6.43. The van der Waals surface area contributed by atoms with Crippen LogP contribution in [0.15, 0.2) is 54.6 Å². The molecule has 0 aromatic heterocycles. The van der Waals surface area contributed by atoms with Gasteiger partial charge in [0, 0.05) is 6.54 Å². The molecule has 9 nitrogen and oxygen atoms in total. The van der Waals surface area contributed by atoms with Gasteiger partial charge in [-0.2, -0.15) is 0 Å². The van der Waals surface area contributed by atoms with Gasteiger partial charge in [-0.05, 0) is 23.3 Å². The number of benzene rings is 2. The van der Waals surface area contributed by atoms with E-state index in [0.717, 1.165) is 5.56 Å². The molecule has 31 heavy (non-hydrogen) atoms. The number of hydrogen-bond acceptors (Lipinski definition) is 7. The highest BCUT2D eigenvalue weighted by atomic mass is 16.5. The van der Waals surface area contributed by atoms with Crippen LogP contribution in [0.2, 0.25) is 0 Å². The Bertz CT molecular complexity index is 898. The maximum atomic E-state index is 12.6. The SMILES string of the molecule is COC(=O)CN(Cc1ccc(C(=O)OC)cc1)C(=O)CNC(=O)OCc1ccccc1. The van der Waals surface area contributed by atoms with Gasteiger partial charge in [0.25, 0.3) is 0 Å². The summed E-state index contributed by atoms with van der Waals surface area (Å²) in [6, 6.07) is 15.5. The largest absolute Gasteiger partial charge is 0.468 e. The van der Waals surface area contributed by atoms with Gasteiger partial charge in [-0.25, -0.2) is 9.59 Å². The number of methoxy groups -OCH3 is 2. The first-order valence-corrected chi connectivity index (χ1v) is 9.39. The topological polar surface area (TPSA) is 111 Å². The fourth-order valence-electron chi connectivity index (χ4n) is 2.57. The predicted octanol–water partition coefficient (Wildman–Crippen LogP) is 1.90. The molecule has 9 heteroatoms. The second kappa shape index (κ2) is 12.0. The number of ether oxygens (including phenoxy) is 3. The Kier molecular flexibility index (Phi) is 9.03. The van der Waals surface area contributed by atoms with Crippen LogP contribution in [0.1, 0.15) is 21.5 Å². The summed E-state index contributed by atoms with van der Waals surface area (Å²) >= 11 is 0. The second-order valence-electron chi connectivity index (χ2n) is 6.43. The normalized spacial score (nSPS) is 10.0. The number of carbonyl (C=O) groups is 4. The first kappa shape index (κ1) is 23.4. The molecule has 2 amide bonds. The number of carbonyl (C=O) groups excluding carboxylic acids is 4. The maximum Gasteiger partial charge on any atom is 0.407 e. The summed E-state index contributed by atoms with van der Waals surface area (Å²) in [7, 11) is 2.50. The monoisotopic (exact) mass is 428 g/mol. The molecule has 0 saturated carbocycles. The summed E-state index contributed by atoms with van der Waals surface area (Å²) in [6.07, 6.45) is -0.752. The Morgan fingerprint density at radius 2 is 1.55 bits per heavy atom. The van der Waals surface area contributed by atoms with Gasteiger partial charge in [-0.1, -0.05) is 42.5 Å². The van der Waals surface area contributed by atoms with E-state index in [1.54, 1.807) is 24.3 Å². The molecule has 164 valence electrons. The van der Waals surface area contributed by atoms with Crippen LogP contribution in [-0.2, 0) is 37.0 Å². The first-order chi connectivity index (χ1) is 14.9. The quantitative estimate of drug-likeness (QED) is 0.480. The van der Waals surface area contributed by atoms with Crippen molar-refractivity contribution >= 4 is 23.9 Å². The van der Waals surface area contributed by atoms with E-state index in [1.165, 1.54) is 19.1 Å². The van der Waals surface area contributed by atoms with Gasteiger partial charge in [0.05, 0.1) is 19.8 Å². The lowest BCUT2D eigenvalue weighted by Crippen LogP contribution is -2.42. The smallest absolute Gasteiger partial charge is 0.407 e. The minimum Gasteiger partial charge on any atom is -0.468 e. The van der Waals surface area contributed by atoms with Crippen LogP contribution >= 0.6 is 0 Å². The molecule has 2 aromatic carbocycles. The minimum absolute atomic E-state index is 0.0687. The van der Waals surface area contributed by atoms with E-state index in [2.05, 4.69) is 14.8 Å². The van der Waals surface area contributed by atoms with Crippen molar-refractivity contribution < 1.29 is 33.4 Å². The molecule has 2 rings (SSSR count). The lowest BCUT2D eigenvalue weighted by atomic mass is 10.1. The van der Waals surface area contributed by atoms with Crippen LogP contribution in [0.4, 0.5) is 4.79 Å². The Labute approximate surface area is 179 Å². The standard InChI is InChI=1S/C22H24N2O7/c1-29-20(26)14-24(13-16-8-10-18(11-9-16)21(27)30-2)19(25)12-23-22(28)31-15-17-6-4-3-5-7-17/h3-11H,12-15H2,1-2H3,(H,23,28). The summed E-state index contributed by atoms with van der Waals surface area (Å²) < 4.78 is 14.4. The van der Waals surface area contributed by atoms with Crippen molar-refractivity contribution in [3.8, 4) is 0 Å². The molecule has 0 fully saturated rings. The van der Waals surface area contributed by atoms with E-state index in [1.807, 2.05) is 30.3 Å². The zero-order valence-electron chi connectivity index (χ0n) is 17.3. The van der Waals surface area contributed by atoms with Gasteiger partial charge in [0.1, 0.15) is 19.7 Å². The van der Waals surface area contributed by atoms with Crippen molar-refractivity contribution in [2.75, 3.05) is 27.3 Å². The zero-order chi connectivity index (χ0) is 22.6. The lowest BCUT2D eigenvalue weighted by molar-refractivity contribution is -0.147. The third-order valence-electron chi connectivity index (χ3n) is 4.25. The summed E-state index contributed by atoms with van der Waals surface area (Å²) in [4.78, 5) is 48.9.